The van der Waals surface area contributed by atoms with Crippen molar-refractivity contribution in [2.45, 2.75) is 31.0 Å². The van der Waals surface area contributed by atoms with Crippen molar-refractivity contribution in [3.8, 4) is 0 Å². The molecule has 2 fully saturated rings. The predicted octanol–water partition coefficient (Wildman–Crippen LogP) is 3.02. The van der Waals surface area contributed by atoms with Crippen LogP contribution in [-0.4, -0.2) is 71.7 Å². The van der Waals surface area contributed by atoms with E-state index in [2.05, 4.69) is 15.2 Å². The van der Waals surface area contributed by atoms with Crippen molar-refractivity contribution in [2.75, 3.05) is 26.9 Å². The number of aliphatic carboxylic acids is 1. The lowest BCUT2D eigenvalue weighted by Gasteiger charge is -2.48. The molecule has 0 radical (unpaired) electrons. The van der Waals surface area contributed by atoms with Crippen molar-refractivity contribution in [1.82, 2.24) is 15.2 Å². The number of halogens is 2. The van der Waals surface area contributed by atoms with Gasteiger partial charge in [-0.25, -0.2) is 14.2 Å². The van der Waals surface area contributed by atoms with Crippen molar-refractivity contribution >= 4 is 40.7 Å². The van der Waals surface area contributed by atoms with E-state index in [9.17, 15) is 19.1 Å². The number of piperidine rings is 1. The molecule has 5 rings (SSSR count). The smallest absolute Gasteiger partial charge is 0.338 e. The second kappa shape index (κ2) is 10.3. The van der Waals surface area contributed by atoms with Gasteiger partial charge in [0.2, 0.25) is 0 Å². The van der Waals surface area contributed by atoms with Gasteiger partial charge in [-0.15, -0.1) is 11.3 Å². The number of aliphatic imine (C=N–C) groups is 1. The highest BCUT2D eigenvalue weighted by Gasteiger charge is 2.43. The van der Waals surface area contributed by atoms with Crippen LogP contribution in [0.1, 0.15) is 29.5 Å². The number of carboxylic acid groups (broad SMARTS) is 1. The van der Waals surface area contributed by atoms with E-state index in [0.29, 0.717) is 54.7 Å². The average Bonchev–Trinajstić information content (AvgIpc) is 3.38. The van der Waals surface area contributed by atoms with Crippen molar-refractivity contribution < 1.29 is 28.6 Å². The molecule has 3 aliphatic heterocycles. The van der Waals surface area contributed by atoms with Crippen LogP contribution in [0.4, 0.5) is 4.39 Å². The second-order valence-corrected chi connectivity index (χ2v) is 10.2. The maximum absolute atomic E-state index is 13.8. The summed E-state index contributed by atoms with van der Waals surface area (Å²) in [6.45, 7) is 1.12. The molecule has 4 heterocycles. The van der Waals surface area contributed by atoms with Crippen LogP contribution in [0.3, 0.4) is 0 Å². The molecular weight excluding hydrogens is 511 g/mol. The Balaban J connectivity index is 1.58. The third-order valence-electron chi connectivity index (χ3n) is 6.78. The van der Waals surface area contributed by atoms with Crippen LogP contribution in [0.25, 0.3) is 0 Å². The summed E-state index contributed by atoms with van der Waals surface area (Å²) in [6.07, 6.45) is 2.56. The number of hydrogen-bond donors (Lipinski definition) is 2. The quantitative estimate of drug-likeness (QED) is 0.544. The highest BCUT2D eigenvalue weighted by molar-refractivity contribution is 7.11. The van der Waals surface area contributed by atoms with Gasteiger partial charge in [-0.2, -0.15) is 0 Å². The number of amidine groups is 1. The van der Waals surface area contributed by atoms with Crippen molar-refractivity contribution in [2.24, 2.45) is 10.9 Å². The number of thiazole rings is 1. The first-order valence-corrected chi connectivity index (χ1v) is 12.7. The third-order valence-corrected chi connectivity index (χ3v) is 7.89. The molecule has 9 nitrogen and oxygen atoms in total. The summed E-state index contributed by atoms with van der Waals surface area (Å²) in [4.78, 5) is 36.1. The van der Waals surface area contributed by atoms with Gasteiger partial charge in [0.15, 0.2) is 10.8 Å². The van der Waals surface area contributed by atoms with Gasteiger partial charge in [-0.05, 0) is 25.0 Å². The minimum atomic E-state index is -0.853. The van der Waals surface area contributed by atoms with Crippen LogP contribution in [0.15, 0.2) is 46.0 Å². The number of methoxy groups -OCH3 is 1. The van der Waals surface area contributed by atoms with E-state index in [-0.39, 0.29) is 22.7 Å². The number of morpholine rings is 1. The zero-order chi connectivity index (χ0) is 25.4. The Morgan fingerprint density at radius 1 is 1.33 bits per heavy atom. The summed E-state index contributed by atoms with van der Waals surface area (Å²) in [5, 5.41) is 15.4. The molecule has 3 atom stereocenters. The second-order valence-electron chi connectivity index (χ2n) is 8.92. The first-order valence-electron chi connectivity index (χ1n) is 11.4. The van der Waals surface area contributed by atoms with Gasteiger partial charge in [-0.1, -0.05) is 17.7 Å². The van der Waals surface area contributed by atoms with E-state index in [4.69, 9.17) is 26.1 Å². The fourth-order valence-electron chi connectivity index (χ4n) is 5.10. The van der Waals surface area contributed by atoms with E-state index in [1.165, 1.54) is 36.6 Å². The van der Waals surface area contributed by atoms with Gasteiger partial charge in [0.1, 0.15) is 11.9 Å². The molecular formula is C24H24ClFN4O5S. The van der Waals surface area contributed by atoms with Crippen molar-refractivity contribution in [3.05, 3.63) is 62.5 Å². The predicted molar refractivity (Wildman–Crippen MR) is 130 cm³/mol. The lowest BCUT2D eigenvalue weighted by molar-refractivity contribution is -0.150. The highest BCUT2D eigenvalue weighted by Crippen LogP contribution is 2.38. The zero-order valence-electron chi connectivity index (χ0n) is 19.3. The largest absolute Gasteiger partial charge is 0.481 e. The fraction of sp³-hybridized carbons (Fsp3) is 0.417. The molecule has 2 bridgehead atoms. The minimum absolute atomic E-state index is 0.123. The van der Waals surface area contributed by atoms with Crippen molar-refractivity contribution in [1.29, 1.82) is 0 Å². The van der Waals surface area contributed by atoms with E-state index in [1.807, 2.05) is 5.38 Å². The molecule has 0 spiro atoms. The molecule has 0 amide bonds. The zero-order valence-corrected chi connectivity index (χ0v) is 20.9. The third kappa shape index (κ3) is 4.75. The maximum atomic E-state index is 13.8. The Kier molecular flexibility index (Phi) is 7.07. The summed E-state index contributed by atoms with van der Waals surface area (Å²) < 4.78 is 24.7. The van der Waals surface area contributed by atoms with Crippen LogP contribution < -0.4 is 5.32 Å². The number of carbonyl (C=O) groups excluding carboxylic acids is 1. The molecule has 2 unspecified atom stereocenters. The molecule has 2 N–H and O–H groups in total. The van der Waals surface area contributed by atoms with E-state index < -0.39 is 29.7 Å². The Bertz CT molecular complexity index is 1220. The SMILES string of the molecule is COC(=O)C1=C(CN2C3COCC2CC(C(=O)O)C3)NC(c2nccs2)=N[C@H]1c1ccc(F)cc1Cl. The summed E-state index contributed by atoms with van der Waals surface area (Å²) in [7, 11) is 1.29. The van der Waals surface area contributed by atoms with Crippen LogP contribution >= 0.6 is 22.9 Å². The lowest BCUT2D eigenvalue weighted by atomic mass is 9.84. The molecule has 2 aromatic rings. The standard InChI is InChI=1S/C24H24ClFN4O5S/c1-34-24(33)19-18(9-30-14-6-12(23(31)32)7-15(30)11-35-10-14)28-21(22-27-4-5-36-22)29-20(19)16-3-2-13(26)8-17(16)25/h2-5,8,12,14-15,20H,6-7,9-11H2,1H3,(H,28,29)(H,31,32)/t12?,14?,15?,20-/m0/s1. The lowest BCUT2D eigenvalue weighted by Crippen LogP contribution is -2.59. The van der Waals surface area contributed by atoms with Gasteiger partial charge in [0.25, 0.3) is 0 Å². The fourth-order valence-corrected chi connectivity index (χ4v) is 5.96. The Hall–Kier alpha value is -2.86. The molecule has 2 saturated heterocycles. The number of nitrogens with zero attached hydrogens (tertiary/aromatic N) is 3. The summed E-state index contributed by atoms with van der Waals surface area (Å²) in [5.74, 6) is -1.88. The molecule has 12 heteroatoms. The Labute approximate surface area is 215 Å². The number of aromatic nitrogens is 1. The van der Waals surface area contributed by atoms with E-state index in [0.717, 1.165) is 0 Å². The molecule has 0 saturated carbocycles. The van der Waals surface area contributed by atoms with Crippen molar-refractivity contribution in [3.63, 3.8) is 0 Å². The molecule has 1 aromatic heterocycles. The number of benzene rings is 1. The monoisotopic (exact) mass is 534 g/mol. The van der Waals surface area contributed by atoms with Gasteiger partial charge in [-0.3, -0.25) is 14.7 Å². The number of carboxylic acids is 1. The summed E-state index contributed by atoms with van der Waals surface area (Å²) in [6, 6.07) is 2.87. The number of rotatable bonds is 6. The maximum Gasteiger partial charge on any atom is 0.338 e. The molecule has 1 aromatic carbocycles. The Morgan fingerprint density at radius 2 is 2.08 bits per heavy atom. The normalized spacial score (nSPS) is 26.2. The number of hydrogen-bond acceptors (Lipinski definition) is 9. The molecule has 190 valence electrons. The summed E-state index contributed by atoms with van der Waals surface area (Å²) >= 11 is 7.79. The van der Waals surface area contributed by atoms with E-state index in [1.54, 1.807) is 6.20 Å². The number of nitrogens with one attached hydrogen (secondary N) is 1. The first kappa shape index (κ1) is 24.8. The van der Waals surface area contributed by atoms with Crippen LogP contribution in [-0.2, 0) is 19.1 Å². The van der Waals surface area contributed by atoms with Gasteiger partial charge < -0.3 is 19.9 Å². The Morgan fingerprint density at radius 3 is 2.69 bits per heavy atom. The van der Waals surface area contributed by atoms with Crippen LogP contribution in [0, 0.1) is 11.7 Å². The molecule has 36 heavy (non-hydrogen) atoms. The van der Waals surface area contributed by atoms with Crippen LogP contribution in [0.5, 0.6) is 0 Å². The number of esters is 1. The minimum Gasteiger partial charge on any atom is -0.481 e. The van der Waals surface area contributed by atoms with Gasteiger partial charge in [0, 0.05) is 46.5 Å². The highest BCUT2D eigenvalue weighted by atomic mass is 35.5. The van der Waals surface area contributed by atoms with Gasteiger partial charge in [0.05, 0.1) is 31.8 Å². The average molecular weight is 535 g/mol. The molecule has 0 aliphatic carbocycles. The number of ether oxygens (including phenoxy) is 2. The molecule has 3 aliphatic rings. The van der Waals surface area contributed by atoms with E-state index >= 15 is 0 Å². The number of fused-ring (bicyclic) bond motifs is 2. The number of carbonyl (C=O) groups is 2. The first-order chi connectivity index (χ1) is 17.4. The van der Waals surface area contributed by atoms with Crippen LogP contribution in [0.2, 0.25) is 5.02 Å². The summed E-state index contributed by atoms with van der Waals surface area (Å²) in [5.41, 5.74) is 1.27. The van der Waals surface area contributed by atoms with Gasteiger partial charge >= 0.3 is 11.9 Å². The topological polar surface area (TPSA) is 113 Å².